The maximum atomic E-state index is 13.1. The predicted octanol–water partition coefficient (Wildman–Crippen LogP) is 4.09. The van der Waals surface area contributed by atoms with Crippen LogP contribution < -0.4 is 11.1 Å². The van der Waals surface area contributed by atoms with E-state index < -0.39 is 0 Å². The molecule has 1 aliphatic rings. The van der Waals surface area contributed by atoms with E-state index in [0.29, 0.717) is 28.6 Å². The number of anilines is 1. The molecule has 9 heteroatoms. The number of nitrogen functional groups attached to an aromatic ring is 1. The molecule has 6 rings (SSSR count). The van der Waals surface area contributed by atoms with Gasteiger partial charge in [-0.05, 0) is 55.2 Å². The highest BCUT2D eigenvalue weighted by molar-refractivity contribution is 5.95. The molecule has 0 radical (unpaired) electrons. The number of aromatic nitrogens is 6. The standard InChI is InChI=1S/C28H24N8O/c1-17-32-27(35-36(17)21-11-13-30-14-12-21)25-26(29)31-16-24(33-25)19-6-4-7-20(15-19)28(37)34-23-10-9-18-5-2-3-8-22(18)23/h2-8,11-16,23H,9-10H2,1H3,(H2,29,31)(H,34,37). The van der Waals surface area contributed by atoms with Crippen LogP contribution in [0.25, 0.3) is 28.5 Å². The van der Waals surface area contributed by atoms with Gasteiger partial charge in [-0.1, -0.05) is 36.4 Å². The number of nitrogens with zero attached hydrogens (tertiary/aromatic N) is 6. The lowest BCUT2D eigenvalue weighted by molar-refractivity contribution is 0.0936. The van der Waals surface area contributed by atoms with Gasteiger partial charge in [0.15, 0.2) is 11.5 Å². The number of aryl methyl sites for hydroxylation is 2. The Balaban J connectivity index is 1.28. The smallest absolute Gasteiger partial charge is 0.251 e. The van der Waals surface area contributed by atoms with E-state index in [0.717, 1.165) is 24.1 Å². The third-order valence-corrected chi connectivity index (χ3v) is 6.55. The van der Waals surface area contributed by atoms with Crippen molar-refractivity contribution in [1.82, 2.24) is 35.0 Å². The predicted molar refractivity (Wildman–Crippen MR) is 140 cm³/mol. The average molecular weight is 489 g/mol. The zero-order chi connectivity index (χ0) is 25.4. The van der Waals surface area contributed by atoms with Crippen LogP contribution in [0.4, 0.5) is 5.82 Å². The highest BCUT2D eigenvalue weighted by atomic mass is 16.1. The van der Waals surface area contributed by atoms with Gasteiger partial charge in [-0.25, -0.2) is 19.6 Å². The average Bonchev–Trinajstić information content (AvgIpc) is 3.53. The molecule has 0 fully saturated rings. The molecular formula is C28H24N8O. The molecule has 0 saturated carbocycles. The summed E-state index contributed by atoms with van der Waals surface area (Å²) >= 11 is 0. The zero-order valence-electron chi connectivity index (χ0n) is 20.2. The minimum Gasteiger partial charge on any atom is -0.382 e. The molecule has 2 aromatic carbocycles. The van der Waals surface area contributed by atoms with E-state index in [1.165, 1.54) is 11.1 Å². The van der Waals surface area contributed by atoms with Crippen molar-refractivity contribution in [1.29, 1.82) is 0 Å². The van der Waals surface area contributed by atoms with E-state index in [4.69, 9.17) is 10.7 Å². The van der Waals surface area contributed by atoms with Crippen molar-refractivity contribution < 1.29 is 4.79 Å². The number of carbonyl (C=O) groups is 1. The van der Waals surface area contributed by atoms with Gasteiger partial charge in [0.1, 0.15) is 5.82 Å². The Morgan fingerprint density at radius 3 is 2.76 bits per heavy atom. The maximum absolute atomic E-state index is 13.1. The number of pyridine rings is 1. The number of nitrogens with two attached hydrogens (primary N) is 1. The molecule has 0 bridgehead atoms. The van der Waals surface area contributed by atoms with Crippen LogP contribution in [0.5, 0.6) is 0 Å². The largest absolute Gasteiger partial charge is 0.382 e. The minimum absolute atomic E-state index is 0.0140. The Labute approximate surface area is 213 Å². The molecule has 1 atom stereocenters. The Morgan fingerprint density at radius 1 is 1.05 bits per heavy atom. The van der Waals surface area contributed by atoms with Gasteiger partial charge in [0.2, 0.25) is 5.82 Å². The molecule has 37 heavy (non-hydrogen) atoms. The third kappa shape index (κ3) is 4.31. The van der Waals surface area contributed by atoms with Gasteiger partial charge in [-0.15, -0.1) is 5.10 Å². The Bertz CT molecular complexity index is 1610. The van der Waals surface area contributed by atoms with Crippen molar-refractivity contribution in [2.75, 3.05) is 5.73 Å². The van der Waals surface area contributed by atoms with Crippen molar-refractivity contribution in [2.45, 2.75) is 25.8 Å². The van der Waals surface area contributed by atoms with Crippen molar-refractivity contribution in [3.63, 3.8) is 0 Å². The van der Waals surface area contributed by atoms with E-state index >= 15 is 0 Å². The monoisotopic (exact) mass is 488 g/mol. The lowest BCUT2D eigenvalue weighted by Crippen LogP contribution is -2.27. The molecule has 3 aromatic heterocycles. The molecule has 9 nitrogen and oxygen atoms in total. The number of rotatable bonds is 5. The summed E-state index contributed by atoms with van der Waals surface area (Å²) in [7, 11) is 0. The number of amides is 1. The lowest BCUT2D eigenvalue weighted by atomic mass is 10.1. The van der Waals surface area contributed by atoms with E-state index in [1.54, 1.807) is 29.3 Å². The second-order valence-electron chi connectivity index (χ2n) is 8.93. The fourth-order valence-electron chi connectivity index (χ4n) is 4.69. The second-order valence-corrected chi connectivity index (χ2v) is 8.93. The number of carbonyl (C=O) groups excluding carboxylic acids is 1. The zero-order valence-corrected chi connectivity index (χ0v) is 20.2. The molecular weight excluding hydrogens is 464 g/mol. The van der Waals surface area contributed by atoms with Crippen molar-refractivity contribution in [2.24, 2.45) is 0 Å². The van der Waals surface area contributed by atoms with Crippen LogP contribution in [-0.4, -0.2) is 35.6 Å². The summed E-state index contributed by atoms with van der Waals surface area (Å²) in [5, 5.41) is 7.78. The molecule has 5 aromatic rings. The summed E-state index contributed by atoms with van der Waals surface area (Å²) in [5.41, 5.74) is 11.7. The summed E-state index contributed by atoms with van der Waals surface area (Å²) < 4.78 is 1.71. The van der Waals surface area contributed by atoms with Gasteiger partial charge in [-0.2, -0.15) is 0 Å². The SMILES string of the molecule is Cc1nc(-c2nc(-c3cccc(C(=O)NC4CCc5ccccc54)c3)cnc2N)nn1-c1ccncc1. The first-order valence-corrected chi connectivity index (χ1v) is 12.0. The van der Waals surface area contributed by atoms with Crippen LogP contribution in [0.1, 0.15) is 39.8 Å². The molecule has 0 aliphatic heterocycles. The van der Waals surface area contributed by atoms with Crippen LogP contribution in [0.15, 0.2) is 79.3 Å². The third-order valence-electron chi connectivity index (χ3n) is 6.55. The second kappa shape index (κ2) is 9.27. The van der Waals surface area contributed by atoms with Crippen LogP contribution in [0.3, 0.4) is 0 Å². The fourth-order valence-corrected chi connectivity index (χ4v) is 4.69. The van der Waals surface area contributed by atoms with E-state index in [2.05, 4.69) is 37.5 Å². The number of nitrogens with one attached hydrogen (secondary N) is 1. The number of hydrogen-bond donors (Lipinski definition) is 2. The first-order chi connectivity index (χ1) is 18.1. The van der Waals surface area contributed by atoms with Crippen molar-refractivity contribution in [3.05, 3.63) is 102 Å². The van der Waals surface area contributed by atoms with Crippen molar-refractivity contribution in [3.8, 4) is 28.5 Å². The number of fused-ring (bicyclic) bond motifs is 1. The van der Waals surface area contributed by atoms with Crippen LogP contribution >= 0.6 is 0 Å². The topological polar surface area (TPSA) is 125 Å². The molecule has 182 valence electrons. The van der Waals surface area contributed by atoms with Gasteiger partial charge in [-0.3, -0.25) is 9.78 Å². The van der Waals surface area contributed by atoms with E-state index in [-0.39, 0.29) is 17.8 Å². The molecule has 1 aliphatic carbocycles. The van der Waals surface area contributed by atoms with Gasteiger partial charge >= 0.3 is 0 Å². The molecule has 3 heterocycles. The summed E-state index contributed by atoms with van der Waals surface area (Å²) in [6.07, 6.45) is 6.85. The summed E-state index contributed by atoms with van der Waals surface area (Å²) in [6.45, 7) is 1.86. The highest BCUT2D eigenvalue weighted by Gasteiger charge is 2.24. The normalized spacial score (nSPS) is 14.4. The lowest BCUT2D eigenvalue weighted by Gasteiger charge is -2.14. The quantitative estimate of drug-likeness (QED) is 0.382. The van der Waals surface area contributed by atoms with Gasteiger partial charge in [0.25, 0.3) is 5.91 Å². The molecule has 0 spiro atoms. The summed E-state index contributed by atoms with van der Waals surface area (Å²) in [5.74, 6) is 1.15. The van der Waals surface area contributed by atoms with Crippen molar-refractivity contribution >= 4 is 11.7 Å². The van der Waals surface area contributed by atoms with E-state index in [9.17, 15) is 4.79 Å². The fraction of sp³-hybridized carbons (Fsp3) is 0.143. The van der Waals surface area contributed by atoms with Gasteiger partial charge < -0.3 is 11.1 Å². The minimum atomic E-state index is -0.124. The molecule has 3 N–H and O–H groups in total. The van der Waals surface area contributed by atoms with E-state index in [1.807, 2.05) is 49.4 Å². The van der Waals surface area contributed by atoms with Gasteiger partial charge in [0.05, 0.1) is 23.6 Å². The maximum Gasteiger partial charge on any atom is 0.251 e. The van der Waals surface area contributed by atoms with Gasteiger partial charge in [0, 0.05) is 23.5 Å². The van der Waals surface area contributed by atoms with Crippen LogP contribution in [0.2, 0.25) is 0 Å². The summed E-state index contributed by atoms with van der Waals surface area (Å²) in [4.78, 5) is 30.8. The highest BCUT2D eigenvalue weighted by Crippen LogP contribution is 2.31. The summed E-state index contributed by atoms with van der Waals surface area (Å²) in [6, 6.07) is 19.3. The molecule has 1 unspecified atom stereocenters. The Kier molecular flexibility index (Phi) is 5.65. The first-order valence-electron chi connectivity index (χ1n) is 12.0. The number of hydrogen-bond acceptors (Lipinski definition) is 7. The Morgan fingerprint density at radius 2 is 1.89 bits per heavy atom. The molecule has 0 saturated heterocycles. The van der Waals surface area contributed by atoms with Crippen LogP contribution in [-0.2, 0) is 6.42 Å². The Hall–Kier alpha value is -4.92. The van der Waals surface area contributed by atoms with Crippen LogP contribution in [0, 0.1) is 6.92 Å². The number of benzene rings is 2. The molecule has 1 amide bonds. The first kappa shape index (κ1) is 22.5.